The molecule has 1 aliphatic heterocycles. The van der Waals surface area contributed by atoms with Gasteiger partial charge in [-0.2, -0.15) is 4.31 Å². The zero-order chi connectivity index (χ0) is 29.1. The van der Waals surface area contributed by atoms with E-state index in [0.29, 0.717) is 35.9 Å². The number of sulfonamides is 1. The molecular formula is C30H38N4O6S. The van der Waals surface area contributed by atoms with Crippen LogP contribution in [0.25, 0.3) is 0 Å². The number of rotatable bonds is 13. The normalized spacial score (nSPS) is 16.1. The fourth-order valence-corrected chi connectivity index (χ4v) is 7.28. The van der Waals surface area contributed by atoms with Gasteiger partial charge < -0.3 is 19.2 Å². The van der Waals surface area contributed by atoms with E-state index < -0.39 is 10.0 Å². The number of nitrogens with one attached hydrogen (secondary N) is 1. The quantitative estimate of drug-likeness (QED) is 0.326. The molecule has 2 aromatic carbocycles. The SMILES string of the molecule is COc1cc(C)c(S(=O)(=O)N(Cc2nc(C(=O)NCCc3ccc(CN4CC(OC)C4)cc3)co2)C2CC2)c(C)c1. The highest BCUT2D eigenvalue weighted by Crippen LogP contribution is 2.36. The molecule has 11 heteroatoms. The maximum Gasteiger partial charge on any atom is 0.273 e. The maximum absolute atomic E-state index is 13.7. The smallest absolute Gasteiger partial charge is 0.273 e. The molecule has 5 rings (SSSR count). The first-order valence-corrected chi connectivity index (χ1v) is 15.3. The fraction of sp³-hybridized carbons (Fsp3) is 0.467. The van der Waals surface area contributed by atoms with Gasteiger partial charge in [0.25, 0.3) is 5.91 Å². The van der Waals surface area contributed by atoms with E-state index in [1.807, 2.05) is 0 Å². The van der Waals surface area contributed by atoms with Gasteiger partial charge in [0.05, 0.1) is 24.7 Å². The molecule has 1 saturated heterocycles. The molecule has 2 fully saturated rings. The summed E-state index contributed by atoms with van der Waals surface area (Å²) in [6.45, 7) is 6.77. The number of methoxy groups -OCH3 is 2. The molecule has 0 radical (unpaired) electrons. The number of nitrogens with zero attached hydrogens (tertiary/aromatic N) is 3. The highest BCUT2D eigenvalue weighted by molar-refractivity contribution is 7.89. The third-order valence-corrected chi connectivity index (χ3v) is 9.86. The topological polar surface area (TPSA) is 114 Å². The molecule has 1 amide bonds. The highest BCUT2D eigenvalue weighted by Gasteiger charge is 2.40. The summed E-state index contributed by atoms with van der Waals surface area (Å²) < 4.78 is 45.0. The van der Waals surface area contributed by atoms with Gasteiger partial charge in [0.1, 0.15) is 12.0 Å². The molecule has 2 aliphatic rings. The lowest BCUT2D eigenvalue weighted by atomic mass is 10.1. The molecule has 10 nitrogen and oxygen atoms in total. The number of carbonyl (C=O) groups excluding carboxylic acids is 1. The number of oxazole rings is 1. The van der Waals surface area contributed by atoms with E-state index in [9.17, 15) is 13.2 Å². The molecule has 0 unspecified atom stereocenters. The van der Waals surface area contributed by atoms with Crippen molar-refractivity contribution in [2.24, 2.45) is 0 Å². The average Bonchev–Trinajstić information content (AvgIpc) is 3.65. The monoisotopic (exact) mass is 582 g/mol. The Morgan fingerprint density at radius 2 is 1.76 bits per heavy atom. The summed E-state index contributed by atoms with van der Waals surface area (Å²) >= 11 is 0. The zero-order valence-corrected chi connectivity index (χ0v) is 24.9. The first-order chi connectivity index (χ1) is 19.7. The molecule has 1 saturated carbocycles. The number of ether oxygens (including phenoxy) is 2. The van der Waals surface area contributed by atoms with Gasteiger partial charge in [0.2, 0.25) is 15.9 Å². The van der Waals surface area contributed by atoms with Crippen molar-refractivity contribution in [3.63, 3.8) is 0 Å². The van der Waals surface area contributed by atoms with Crippen LogP contribution in [-0.4, -0.2) is 74.5 Å². The molecule has 2 heterocycles. The molecule has 0 bridgehead atoms. The lowest BCUT2D eigenvalue weighted by molar-refractivity contribution is -0.0334. The Bertz CT molecular complexity index is 1450. The van der Waals surface area contributed by atoms with Gasteiger partial charge in [-0.05, 0) is 67.5 Å². The van der Waals surface area contributed by atoms with Gasteiger partial charge in [-0.1, -0.05) is 24.3 Å². The predicted molar refractivity (Wildman–Crippen MR) is 153 cm³/mol. The highest BCUT2D eigenvalue weighted by atomic mass is 32.2. The van der Waals surface area contributed by atoms with Crippen molar-refractivity contribution in [2.45, 2.75) is 63.2 Å². The fourth-order valence-electron chi connectivity index (χ4n) is 5.23. The van der Waals surface area contributed by atoms with Crippen molar-refractivity contribution in [2.75, 3.05) is 33.9 Å². The Labute approximate surface area is 241 Å². The first kappa shape index (κ1) is 29.2. The molecule has 1 aliphatic carbocycles. The van der Waals surface area contributed by atoms with E-state index in [-0.39, 0.29) is 35.0 Å². The molecular weight excluding hydrogens is 544 g/mol. The van der Waals surface area contributed by atoms with E-state index in [0.717, 1.165) is 38.0 Å². The second kappa shape index (κ2) is 12.3. The molecule has 3 aromatic rings. The van der Waals surface area contributed by atoms with E-state index in [1.54, 1.807) is 40.2 Å². The standard InChI is InChI=1S/C30H38N4O6S/c1-20-13-25(38-3)14-21(2)29(20)41(36,37)34(24-9-10-24)18-28-32-27(19-40-28)30(35)31-12-11-22-5-7-23(8-6-22)15-33-16-26(17-33)39-4/h5-8,13-14,19,24,26H,9-12,15-18H2,1-4H3,(H,31,35). The van der Waals surface area contributed by atoms with Crippen LogP contribution in [0, 0.1) is 13.8 Å². The number of aromatic nitrogens is 1. The van der Waals surface area contributed by atoms with Crippen molar-refractivity contribution in [1.82, 2.24) is 19.5 Å². The Balaban J connectivity index is 1.16. The number of hydrogen-bond donors (Lipinski definition) is 1. The molecule has 220 valence electrons. The Hall–Kier alpha value is -3.25. The van der Waals surface area contributed by atoms with Crippen LogP contribution in [0.15, 0.2) is 52.0 Å². The predicted octanol–water partition coefficient (Wildman–Crippen LogP) is 3.46. The van der Waals surface area contributed by atoms with E-state index >= 15 is 0 Å². The Kier molecular flexibility index (Phi) is 8.79. The van der Waals surface area contributed by atoms with Gasteiger partial charge in [-0.25, -0.2) is 13.4 Å². The average molecular weight is 583 g/mol. The summed E-state index contributed by atoms with van der Waals surface area (Å²) in [7, 11) is -0.517. The van der Waals surface area contributed by atoms with Crippen LogP contribution in [0.1, 0.15) is 51.5 Å². The number of amides is 1. The summed E-state index contributed by atoms with van der Waals surface area (Å²) in [4.78, 5) is 19.6. The minimum Gasteiger partial charge on any atom is -0.497 e. The minimum absolute atomic E-state index is 0.0406. The van der Waals surface area contributed by atoms with Crippen LogP contribution >= 0.6 is 0 Å². The van der Waals surface area contributed by atoms with Crippen molar-refractivity contribution in [3.05, 3.63) is 76.5 Å². The number of likely N-dealkylation sites (tertiary alicyclic amines) is 1. The van der Waals surface area contributed by atoms with Crippen LogP contribution < -0.4 is 10.1 Å². The number of aryl methyl sites for hydroxylation is 2. The summed E-state index contributed by atoms with van der Waals surface area (Å²) in [5.74, 6) is 0.439. The Morgan fingerprint density at radius 1 is 1.10 bits per heavy atom. The lowest BCUT2D eigenvalue weighted by Gasteiger charge is -2.38. The van der Waals surface area contributed by atoms with Crippen LogP contribution in [0.5, 0.6) is 5.75 Å². The van der Waals surface area contributed by atoms with Crippen LogP contribution in [0.3, 0.4) is 0 Å². The van der Waals surface area contributed by atoms with Gasteiger partial charge in [0, 0.05) is 39.3 Å². The van der Waals surface area contributed by atoms with Crippen molar-refractivity contribution in [3.8, 4) is 5.75 Å². The maximum atomic E-state index is 13.7. The number of hydrogen-bond acceptors (Lipinski definition) is 8. The summed E-state index contributed by atoms with van der Waals surface area (Å²) in [5.41, 5.74) is 3.74. The summed E-state index contributed by atoms with van der Waals surface area (Å²) in [6.07, 6.45) is 3.85. The zero-order valence-electron chi connectivity index (χ0n) is 24.1. The van der Waals surface area contributed by atoms with Crippen molar-refractivity contribution >= 4 is 15.9 Å². The summed E-state index contributed by atoms with van der Waals surface area (Å²) in [6, 6.07) is 11.7. The van der Waals surface area contributed by atoms with E-state index in [4.69, 9.17) is 13.9 Å². The third kappa shape index (κ3) is 6.81. The Morgan fingerprint density at radius 3 is 2.37 bits per heavy atom. The second-order valence-corrected chi connectivity index (χ2v) is 12.7. The van der Waals surface area contributed by atoms with E-state index in [2.05, 4.69) is 39.5 Å². The van der Waals surface area contributed by atoms with Crippen LogP contribution in [0.2, 0.25) is 0 Å². The van der Waals surface area contributed by atoms with Gasteiger partial charge in [-0.3, -0.25) is 9.69 Å². The second-order valence-electron chi connectivity index (χ2n) is 10.9. The third-order valence-electron chi connectivity index (χ3n) is 7.65. The lowest BCUT2D eigenvalue weighted by Crippen LogP contribution is -2.50. The van der Waals surface area contributed by atoms with Gasteiger partial charge in [-0.15, -0.1) is 0 Å². The van der Waals surface area contributed by atoms with Gasteiger partial charge in [0.15, 0.2) is 5.69 Å². The molecule has 1 aromatic heterocycles. The summed E-state index contributed by atoms with van der Waals surface area (Å²) in [5, 5.41) is 2.88. The molecule has 1 N–H and O–H groups in total. The van der Waals surface area contributed by atoms with Crippen molar-refractivity contribution < 1.29 is 27.1 Å². The minimum atomic E-state index is -3.82. The first-order valence-electron chi connectivity index (χ1n) is 13.9. The van der Waals surface area contributed by atoms with Gasteiger partial charge >= 0.3 is 0 Å². The van der Waals surface area contributed by atoms with Crippen molar-refractivity contribution in [1.29, 1.82) is 0 Å². The number of carbonyl (C=O) groups is 1. The molecule has 41 heavy (non-hydrogen) atoms. The van der Waals surface area contributed by atoms with Crippen LogP contribution in [0.4, 0.5) is 0 Å². The molecule has 0 atom stereocenters. The molecule has 0 spiro atoms. The van der Waals surface area contributed by atoms with E-state index in [1.165, 1.54) is 16.1 Å². The van der Waals surface area contributed by atoms with Crippen LogP contribution in [-0.2, 0) is 34.3 Å². The largest absolute Gasteiger partial charge is 0.497 e. The number of benzene rings is 2.